The van der Waals surface area contributed by atoms with Crippen LogP contribution in [0.5, 0.6) is 0 Å². The van der Waals surface area contributed by atoms with Crippen LogP contribution in [0, 0.1) is 5.82 Å². The summed E-state index contributed by atoms with van der Waals surface area (Å²) in [5.74, 6) is -0.242. The van der Waals surface area contributed by atoms with Crippen molar-refractivity contribution in [1.82, 2.24) is 5.48 Å². The highest BCUT2D eigenvalue weighted by Gasteiger charge is 2.58. The molecule has 0 aromatic heterocycles. The predicted octanol–water partition coefficient (Wildman–Crippen LogP) is 3.83. The second-order valence-electron chi connectivity index (χ2n) is 6.67. The van der Waals surface area contributed by atoms with Crippen LogP contribution < -0.4 is 10.4 Å². The fourth-order valence-corrected chi connectivity index (χ4v) is 3.72. The Morgan fingerprint density at radius 1 is 1.04 bits per heavy atom. The van der Waals surface area contributed by atoms with Gasteiger partial charge in [-0.1, -0.05) is 32.0 Å². The average molecular weight is 310 g/mol. The lowest BCUT2D eigenvalue weighted by atomic mass is 9.77. The molecule has 3 nitrogen and oxygen atoms in total. The number of nitrogens with zero attached hydrogens (tertiary/aromatic N) is 1. The summed E-state index contributed by atoms with van der Waals surface area (Å²) < 4.78 is 13.2. The molecule has 0 unspecified atom stereocenters. The Labute approximate surface area is 135 Å². The predicted molar refractivity (Wildman–Crippen MR) is 89.2 cm³/mol. The van der Waals surface area contributed by atoms with E-state index in [1.807, 2.05) is 13.1 Å². The fraction of sp³-hybridized carbons (Fsp3) is 0.263. The molecule has 1 spiro atoms. The number of benzene rings is 2. The van der Waals surface area contributed by atoms with Gasteiger partial charge in [0, 0.05) is 18.2 Å². The maximum absolute atomic E-state index is 13.2. The lowest BCUT2D eigenvalue weighted by molar-refractivity contribution is -0.0678. The second-order valence-corrected chi connectivity index (χ2v) is 6.67. The molecule has 0 aliphatic carbocycles. The highest BCUT2D eigenvalue weighted by atomic mass is 19.1. The van der Waals surface area contributed by atoms with Gasteiger partial charge in [-0.15, -0.1) is 0 Å². The van der Waals surface area contributed by atoms with Crippen molar-refractivity contribution in [2.24, 2.45) is 0 Å². The molecule has 2 aliphatic heterocycles. The highest BCUT2D eigenvalue weighted by Crippen LogP contribution is 2.54. The van der Waals surface area contributed by atoms with Gasteiger partial charge < -0.3 is 4.90 Å². The summed E-state index contributed by atoms with van der Waals surface area (Å²) in [6.45, 7) is 4.36. The topological polar surface area (TPSA) is 24.5 Å². The molecule has 0 amide bonds. The standard InChI is InChI=1S/C19H19FN2O/c1-18(2)15-6-4-5-7-17(15)22(3)19(18)12-16(21-23-19)13-8-10-14(20)11-9-13/h4-12,21H,1-3H3/t19-/m1/s1. The van der Waals surface area contributed by atoms with Crippen molar-refractivity contribution >= 4 is 11.4 Å². The molecule has 0 radical (unpaired) electrons. The van der Waals surface area contributed by atoms with Gasteiger partial charge in [0.1, 0.15) is 5.82 Å². The second kappa shape index (κ2) is 4.59. The van der Waals surface area contributed by atoms with Crippen molar-refractivity contribution in [3.05, 3.63) is 71.6 Å². The molecule has 0 saturated carbocycles. The zero-order chi connectivity index (χ0) is 16.2. The molecule has 0 saturated heterocycles. The van der Waals surface area contributed by atoms with Gasteiger partial charge in [-0.3, -0.25) is 5.48 Å². The minimum Gasteiger partial charge on any atom is -0.340 e. The summed E-state index contributed by atoms with van der Waals surface area (Å²) in [7, 11) is 2.04. The summed E-state index contributed by atoms with van der Waals surface area (Å²) in [4.78, 5) is 8.26. The number of rotatable bonds is 1. The van der Waals surface area contributed by atoms with Crippen molar-refractivity contribution in [3.63, 3.8) is 0 Å². The Hall–Kier alpha value is -2.33. The Balaban J connectivity index is 1.82. The van der Waals surface area contributed by atoms with Gasteiger partial charge in [-0.2, -0.15) is 0 Å². The third-order valence-electron chi connectivity index (χ3n) is 5.14. The molecular weight excluding hydrogens is 291 g/mol. The number of hydrogen-bond donors (Lipinski definition) is 1. The number of anilines is 1. The minimum absolute atomic E-state index is 0.229. The van der Waals surface area contributed by atoms with E-state index in [4.69, 9.17) is 4.84 Å². The van der Waals surface area contributed by atoms with Crippen LogP contribution >= 0.6 is 0 Å². The summed E-state index contributed by atoms with van der Waals surface area (Å²) in [6.07, 6.45) is 2.10. The molecule has 2 aromatic carbocycles. The summed E-state index contributed by atoms with van der Waals surface area (Å²) in [6, 6.07) is 14.8. The van der Waals surface area contributed by atoms with Gasteiger partial charge in [0.25, 0.3) is 0 Å². The quantitative estimate of drug-likeness (QED) is 0.866. The van der Waals surface area contributed by atoms with E-state index in [1.54, 1.807) is 12.1 Å². The Bertz CT molecular complexity index is 797. The first kappa shape index (κ1) is 14.3. The molecule has 4 rings (SSSR count). The number of nitrogens with one attached hydrogen (secondary N) is 1. The van der Waals surface area contributed by atoms with Gasteiger partial charge in [0.05, 0.1) is 5.70 Å². The van der Waals surface area contributed by atoms with Crippen LogP contribution in [0.2, 0.25) is 0 Å². The number of hydroxylamine groups is 1. The van der Waals surface area contributed by atoms with E-state index < -0.39 is 5.72 Å². The van der Waals surface area contributed by atoms with Crippen LogP contribution in [0.4, 0.5) is 10.1 Å². The molecule has 1 atom stereocenters. The van der Waals surface area contributed by atoms with Crippen molar-refractivity contribution in [3.8, 4) is 0 Å². The molecule has 1 N–H and O–H groups in total. The molecule has 0 bridgehead atoms. The molecule has 2 aliphatic rings. The normalized spacial score (nSPS) is 24.5. The fourth-order valence-electron chi connectivity index (χ4n) is 3.72. The van der Waals surface area contributed by atoms with Crippen molar-refractivity contribution in [2.75, 3.05) is 11.9 Å². The van der Waals surface area contributed by atoms with Crippen molar-refractivity contribution in [1.29, 1.82) is 0 Å². The first-order valence-electron chi connectivity index (χ1n) is 7.72. The largest absolute Gasteiger partial charge is 0.340 e. The van der Waals surface area contributed by atoms with Gasteiger partial charge in [-0.25, -0.2) is 9.23 Å². The molecule has 0 fully saturated rings. The van der Waals surface area contributed by atoms with Crippen LogP contribution in [0.25, 0.3) is 5.70 Å². The molecule has 118 valence electrons. The Kier molecular flexibility index (Phi) is 2.85. The van der Waals surface area contributed by atoms with Crippen LogP contribution in [-0.4, -0.2) is 12.8 Å². The molecule has 23 heavy (non-hydrogen) atoms. The smallest absolute Gasteiger partial charge is 0.197 e. The van der Waals surface area contributed by atoms with Crippen LogP contribution in [-0.2, 0) is 10.3 Å². The van der Waals surface area contributed by atoms with E-state index in [2.05, 4.69) is 48.5 Å². The maximum atomic E-state index is 13.2. The molecule has 2 heterocycles. The third-order valence-corrected chi connectivity index (χ3v) is 5.14. The van der Waals surface area contributed by atoms with Gasteiger partial charge in [0.15, 0.2) is 5.72 Å². The van der Waals surface area contributed by atoms with Gasteiger partial charge in [0.2, 0.25) is 0 Å². The molecule has 2 aromatic rings. The Morgan fingerprint density at radius 3 is 2.43 bits per heavy atom. The van der Waals surface area contributed by atoms with Crippen molar-refractivity contribution in [2.45, 2.75) is 25.0 Å². The first-order valence-corrected chi connectivity index (χ1v) is 7.72. The molecular formula is C19H19FN2O. The van der Waals surface area contributed by atoms with E-state index in [9.17, 15) is 4.39 Å². The van der Waals surface area contributed by atoms with Crippen LogP contribution in [0.1, 0.15) is 25.0 Å². The maximum Gasteiger partial charge on any atom is 0.197 e. The van der Waals surface area contributed by atoms with E-state index in [1.165, 1.54) is 17.7 Å². The van der Waals surface area contributed by atoms with Crippen LogP contribution in [0.15, 0.2) is 54.6 Å². The average Bonchev–Trinajstić information content (AvgIpc) is 3.07. The Morgan fingerprint density at radius 2 is 1.74 bits per heavy atom. The zero-order valence-electron chi connectivity index (χ0n) is 13.4. The van der Waals surface area contributed by atoms with Crippen LogP contribution in [0.3, 0.4) is 0 Å². The lowest BCUT2D eigenvalue weighted by Gasteiger charge is -2.39. The summed E-state index contributed by atoms with van der Waals surface area (Å²) >= 11 is 0. The first-order chi connectivity index (χ1) is 11.0. The number of halogens is 1. The number of para-hydroxylation sites is 1. The van der Waals surface area contributed by atoms with Gasteiger partial charge >= 0.3 is 0 Å². The van der Waals surface area contributed by atoms with E-state index in [0.717, 1.165) is 16.9 Å². The summed E-state index contributed by atoms with van der Waals surface area (Å²) in [5.41, 5.74) is 6.38. The van der Waals surface area contributed by atoms with E-state index >= 15 is 0 Å². The minimum atomic E-state index is -0.611. The lowest BCUT2D eigenvalue weighted by Crippen LogP contribution is -2.54. The zero-order valence-corrected chi connectivity index (χ0v) is 13.4. The molecule has 4 heteroatoms. The van der Waals surface area contributed by atoms with E-state index in [-0.39, 0.29) is 11.2 Å². The van der Waals surface area contributed by atoms with Gasteiger partial charge in [-0.05, 0) is 47.5 Å². The monoisotopic (exact) mass is 310 g/mol. The number of fused-ring (bicyclic) bond motifs is 1. The van der Waals surface area contributed by atoms with E-state index in [0.29, 0.717) is 0 Å². The third kappa shape index (κ3) is 1.78. The number of likely N-dealkylation sites (N-methyl/N-ethyl adjacent to an activating group) is 1. The SMILES string of the molecule is CN1c2ccccc2C(C)(C)[C@]12C=C(c1ccc(F)cc1)NO2. The number of hydrogen-bond acceptors (Lipinski definition) is 3. The highest BCUT2D eigenvalue weighted by molar-refractivity contribution is 5.73. The summed E-state index contributed by atoms with van der Waals surface area (Å²) in [5, 5.41) is 0. The van der Waals surface area contributed by atoms with Crippen molar-refractivity contribution < 1.29 is 9.23 Å².